The molecule has 3 N–H and O–H groups in total. The third-order valence-corrected chi connectivity index (χ3v) is 3.58. The van der Waals surface area contributed by atoms with Crippen molar-refractivity contribution in [1.29, 1.82) is 0 Å². The first-order valence-electron chi connectivity index (χ1n) is 8.24. The Bertz CT molecular complexity index is 1000. The van der Waals surface area contributed by atoms with Crippen LogP contribution >= 0.6 is 0 Å². The number of amides is 1. The molecule has 3 heterocycles. The highest BCUT2D eigenvalue weighted by Gasteiger charge is 2.15. The number of methoxy groups -OCH3 is 1. The molecule has 3 aromatic heterocycles. The summed E-state index contributed by atoms with van der Waals surface area (Å²) in [6.45, 7) is 1.90. The summed E-state index contributed by atoms with van der Waals surface area (Å²) in [6.07, 6.45) is 7.30. The molecule has 1 amide bonds. The minimum Gasteiger partial charge on any atom is -0.495 e. The fourth-order valence-corrected chi connectivity index (χ4v) is 2.31. The highest BCUT2D eigenvalue weighted by atomic mass is 16.5. The molecule has 0 atom stereocenters. The number of hydrogen-bond donors (Lipinski definition) is 2. The van der Waals surface area contributed by atoms with Crippen LogP contribution in [0.15, 0.2) is 54.0 Å². The zero-order valence-corrected chi connectivity index (χ0v) is 15.3. The van der Waals surface area contributed by atoms with E-state index < -0.39 is 5.91 Å². The minimum atomic E-state index is -0.460. The van der Waals surface area contributed by atoms with Crippen LogP contribution < -0.4 is 20.5 Å². The maximum absolute atomic E-state index is 12.7. The van der Waals surface area contributed by atoms with Gasteiger partial charge in [0, 0.05) is 6.20 Å². The lowest BCUT2D eigenvalue weighted by molar-refractivity contribution is 0.102. The van der Waals surface area contributed by atoms with Crippen LogP contribution in [0.25, 0.3) is 0 Å². The van der Waals surface area contributed by atoms with Crippen LogP contribution in [0.2, 0.25) is 0 Å². The summed E-state index contributed by atoms with van der Waals surface area (Å²) in [5, 5.41) is 2.68. The van der Waals surface area contributed by atoms with Crippen LogP contribution in [0.1, 0.15) is 15.9 Å². The van der Waals surface area contributed by atoms with Gasteiger partial charge in [0.15, 0.2) is 5.82 Å². The van der Waals surface area contributed by atoms with Gasteiger partial charge in [0.2, 0.25) is 0 Å². The molecule has 9 nitrogen and oxygen atoms in total. The fraction of sp³-hybridized carbons (Fsp3) is 0.105. The van der Waals surface area contributed by atoms with Crippen molar-refractivity contribution in [3.8, 4) is 17.2 Å². The molecule has 0 fully saturated rings. The van der Waals surface area contributed by atoms with Crippen molar-refractivity contribution < 1.29 is 14.3 Å². The molecule has 28 heavy (non-hydrogen) atoms. The van der Waals surface area contributed by atoms with Gasteiger partial charge in [-0.2, -0.15) is 0 Å². The molecule has 0 saturated heterocycles. The Labute approximate surface area is 161 Å². The topological polar surface area (TPSA) is 125 Å². The highest BCUT2D eigenvalue weighted by Crippen LogP contribution is 2.26. The Morgan fingerprint density at radius 3 is 2.57 bits per heavy atom. The molecule has 0 aliphatic heterocycles. The van der Waals surface area contributed by atoms with Gasteiger partial charge in [-0.15, -0.1) is 0 Å². The van der Waals surface area contributed by atoms with E-state index in [1.807, 2.05) is 13.0 Å². The molecule has 0 aliphatic rings. The maximum Gasteiger partial charge on any atom is 0.260 e. The summed E-state index contributed by atoms with van der Waals surface area (Å²) in [5.74, 6) is 1.51. The van der Waals surface area contributed by atoms with E-state index in [9.17, 15) is 4.79 Å². The molecule has 0 saturated carbocycles. The number of carbonyl (C=O) groups is 1. The molecule has 0 bridgehead atoms. The first kappa shape index (κ1) is 18.8. The van der Waals surface area contributed by atoms with Crippen LogP contribution in [0.3, 0.4) is 0 Å². The van der Waals surface area contributed by atoms with Crippen molar-refractivity contribution in [3.63, 3.8) is 0 Å². The maximum atomic E-state index is 12.7. The second-order valence-electron chi connectivity index (χ2n) is 5.66. The van der Waals surface area contributed by atoms with E-state index in [4.69, 9.17) is 15.2 Å². The number of pyridine rings is 3. The average Bonchev–Trinajstić information content (AvgIpc) is 2.70. The van der Waals surface area contributed by atoms with Gasteiger partial charge in [0.05, 0.1) is 37.6 Å². The monoisotopic (exact) mass is 378 g/mol. The SMILES string of the molecule is COc1ccc(NC(=O)c2cc(Oc3cncc(C)c3)cnc2/N=C\N)nc1. The quantitative estimate of drug-likeness (QED) is 0.499. The zero-order chi connectivity index (χ0) is 19.9. The number of anilines is 1. The Balaban J connectivity index is 1.86. The number of rotatable bonds is 6. The lowest BCUT2D eigenvalue weighted by Gasteiger charge is -2.10. The van der Waals surface area contributed by atoms with Crippen molar-refractivity contribution >= 4 is 23.9 Å². The Morgan fingerprint density at radius 1 is 1.11 bits per heavy atom. The Morgan fingerprint density at radius 2 is 1.89 bits per heavy atom. The fourth-order valence-electron chi connectivity index (χ4n) is 2.31. The smallest absolute Gasteiger partial charge is 0.260 e. The van der Waals surface area contributed by atoms with Gasteiger partial charge in [-0.3, -0.25) is 9.78 Å². The number of carbonyl (C=O) groups excluding carboxylic acids is 1. The summed E-state index contributed by atoms with van der Waals surface area (Å²) in [7, 11) is 1.54. The third-order valence-electron chi connectivity index (χ3n) is 3.58. The van der Waals surface area contributed by atoms with Gasteiger partial charge in [-0.25, -0.2) is 15.0 Å². The highest BCUT2D eigenvalue weighted by molar-refractivity contribution is 6.07. The Hall–Kier alpha value is -4.01. The lowest BCUT2D eigenvalue weighted by Crippen LogP contribution is -2.14. The molecular weight excluding hydrogens is 360 g/mol. The van der Waals surface area contributed by atoms with Gasteiger partial charge in [-0.05, 0) is 36.8 Å². The number of nitrogens with zero attached hydrogens (tertiary/aromatic N) is 4. The molecular formula is C19H18N6O3. The summed E-state index contributed by atoms with van der Waals surface area (Å²) in [6, 6.07) is 6.65. The number of ether oxygens (including phenoxy) is 2. The number of aryl methyl sites for hydroxylation is 1. The standard InChI is InChI=1S/C19H18N6O3/c1-12-5-14(8-21-7-12)28-15-6-16(18(23-10-15)24-11-20)19(26)25-17-4-3-13(27-2)9-22-17/h3-11H,1-2H3,(H2,20,23,24)(H,22,25,26). The van der Waals surface area contributed by atoms with Crippen LogP contribution in [-0.4, -0.2) is 34.3 Å². The van der Waals surface area contributed by atoms with Crippen molar-refractivity contribution in [2.75, 3.05) is 12.4 Å². The van der Waals surface area contributed by atoms with Crippen LogP contribution in [-0.2, 0) is 0 Å². The number of hydrogen-bond acceptors (Lipinski definition) is 7. The molecule has 0 aliphatic carbocycles. The minimum absolute atomic E-state index is 0.156. The van der Waals surface area contributed by atoms with E-state index in [1.165, 1.54) is 25.6 Å². The Kier molecular flexibility index (Phi) is 5.75. The summed E-state index contributed by atoms with van der Waals surface area (Å²) >= 11 is 0. The zero-order valence-electron chi connectivity index (χ0n) is 15.3. The lowest BCUT2D eigenvalue weighted by atomic mass is 10.2. The molecule has 142 valence electrons. The number of nitrogens with two attached hydrogens (primary N) is 1. The molecule has 0 spiro atoms. The van der Waals surface area contributed by atoms with E-state index in [0.717, 1.165) is 11.9 Å². The van der Waals surface area contributed by atoms with E-state index in [-0.39, 0.29) is 11.4 Å². The second kappa shape index (κ2) is 8.58. The summed E-state index contributed by atoms with van der Waals surface area (Å²) in [5.41, 5.74) is 6.48. The van der Waals surface area contributed by atoms with Crippen molar-refractivity contribution in [3.05, 3.63) is 60.2 Å². The van der Waals surface area contributed by atoms with Crippen LogP contribution in [0.4, 0.5) is 11.6 Å². The molecule has 0 radical (unpaired) electrons. The van der Waals surface area contributed by atoms with Crippen LogP contribution in [0, 0.1) is 6.92 Å². The van der Waals surface area contributed by atoms with Gasteiger partial charge in [0.1, 0.15) is 23.1 Å². The van der Waals surface area contributed by atoms with Gasteiger partial charge in [-0.1, -0.05) is 0 Å². The first-order valence-corrected chi connectivity index (χ1v) is 8.24. The summed E-state index contributed by atoms with van der Waals surface area (Å²) in [4.78, 5) is 29.0. The normalized spacial score (nSPS) is 10.6. The van der Waals surface area contributed by atoms with Crippen molar-refractivity contribution in [2.24, 2.45) is 10.7 Å². The predicted molar refractivity (Wildman–Crippen MR) is 104 cm³/mol. The number of aliphatic imine (C=N–C) groups is 1. The van der Waals surface area contributed by atoms with Gasteiger partial charge < -0.3 is 20.5 Å². The molecule has 3 rings (SSSR count). The molecule has 0 aromatic carbocycles. The molecule has 3 aromatic rings. The molecule has 9 heteroatoms. The summed E-state index contributed by atoms with van der Waals surface area (Å²) < 4.78 is 10.8. The molecule has 0 unspecified atom stereocenters. The predicted octanol–water partition coefficient (Wildman–Crippen LogP) is 2.85. The van der Waals surface area contributed by atoms with E-state index in [2.05, 4.69) is 25.3 Å². The van der Waals surface area contributed by atoms with Crippen LogP contribution in [0.5, 0.6) is 17.2 Å². The third kappa shape index (κ3) is 4.58. The number of nitrogens with one attached hydrogen (secondary N) is 1. The van der Waals surface area contributed by atoms with E-state index in [1.54, 1.807) is 24.5 Å². The van der Waals surface area contributed by atoms with Crippen molar-refractivity contribution in [2.45, 2.75) is 6.92 Å². The first-order chi connectivity index (χ1) is 13.6. The van der Waals surface area contributed by atoms with Gasteiger partial charge >= 0.3 is 0 Å². The second-order valence-corrected chi connectivity index (χ2v) is 5.66. The van der Waals surface area contributed by atoms with E-state index in [0.29, 0.717) is 23.1 Å². The van der Waals surface area contributed by atoms with E-state index >= 15 is 0 Å². The van der Waals surface area contributed by atoms with Crippen molar-refractivity contribution in [1.82, 2.24) is 15.0 Å². The van der Waals surface area contributed by atoms with Gasteiger partial charge in [0.25, 0.3) is 5.91 Å². The number of aromatic nitrogens is 3. The average molecular weight is 378 g/mol. The largest absolute Gasteiger partial charge is 0.495 e.